The maximum Gasteiger partial charge on any atom is 0.146 e. The van der Waals surface area contributed by atoms with Crippen LogP contribution < -0.4 is 15.4 Å². The summed E-state index contributed by atoms with van der Waals surface area (Å²) >= 11 is 1.65. The van der Waals surface area contributed by atoms with Gasteiger partial charge in [-0.05, 0) is 57.5 Å². The van der Waals surface area contributed by atoms with Crippen molar-refractivity contribution in [3.8, 4) is 5.75 Å². The van der Waals surface area contributed by atoms with Crippen LogP contribution in [0.5, 0.6) is 5.75 Å². The lowest BCUT2D eigenvalue weighted by Gasteiger charge is -2.25. The Hall–Kier alpha value is -2.25. The van der Waals surface area contributed by atoms with Crippen LogP contribution in [0.3, 0.4) is 0 Å². The number of hydrogen-bond donors (Lipinski definition) is 2. The highest BCUT2D eigenvalue weighted by Crippen LogP contribution is 2.36. The average Bonchev–Trinajstić information content (AvgIpc) is 2.93. The minimum absolute atomic E-state index is 0.0918. The average molecular weight is 372 g/mol. The molecule has 1 saturated heterocycles. The third-order valence-electron chi connectivity index (χ3n) is 4.74. The zero-order valence-corrected chi connectivity index (χ0v) is 15.6. The molecule has 2 aromatic heterocycles. The van der Waals surface area contributed by atoms with Gasteiger partial charge in [-0.1, -0.05) is 0 Å². The first-order chi connectivity index (χ1) is 12.6. The summed E-state index contributed by atoms with van der Waals surface area (Å²) in [5.74, 6) is 0.932. The van der Waals surface area contributed by atoms with E-state index >= 15 is 0 Å². The summed E-state index contributed by atoms with van der Waals surface area (Å²) in [5.41, 5.74) is 1.88. The molecule has 1 aliphatic rings. The van der Waals surface area contributed by atoms with E-state index in [9.17, 15) is 4.39 Å². The van der Waals surface area contributed by atoms with Gasteiger partial charge in [-0.2, -0.15) is 0 Å². The molecule has 3 heterocycles. The second-order valence-corrected chi connectivity index (χ2v) is 7.72. The second-order valence-electron chi connectivity index (χ2n) is 6.52. The van der Waals surface area contributed by atoms with Gasteiger partial charge in [0, 0.05) is 10.9 Å². The van der Waals surface area contributed by atoms with Crippen molar-refractivity contribution < 1.29 is 9.13 Å². The third-order valence-corrected chi connectivity index (χ3v) is 5.86. The van der Waals surface area contributed by atoms with Gasteiger partial charge in [0.1, 0.15) is 34.6 Å². The van der Waals surface area contributed by atoms with Crippen molar-refractivity contribution in [3.05, 3.63) is 40.8 Å². The molecular formula is C19H21FN4OS. The van der Waals surface area contributed by atoms with Gasteiger partial charge in [-0.25, -0.2) is 14.4 Å². The van der Waals surface area contributed by atoms with E-state index in [0.29, 0.717) is 11.4 Å². The van der Waals surface area contributed by atoms with Gasteiger partial charge >= 0.3 is 0 Å². The zero-order chi connectivity index (χ0) is 18.1. The molecule has 4 rings (SSSR count). The lowest BCUT2D eigenvalue weighted by Crippen LogP contribution is -2.34. The molecule has 5 nitrogen and oxygen atoms in total. The molecule has 0 radical (unpaired) electrons. The molecule has 0 amide bonds. The molecule has 2 N–H and O–H groups in total. The van der Waals surface area contributed by atoms with E-state index in [-0.39, 0.29) is 11.9 Å². The number of thiophene rings is 1. The number of aromatic nitrogens is 2. The summed E-state index contributed by atoms with van der Waals surface area (Å²) in [6, 6.07) is 4.57. The molecule has 3 aromatic rings. The largest absolute Gasteiger partial charge is 0.488 e. The number of hydrogen-bond acceptors (Lipinski definition) is 6. The number of nitrogens with zero attached hydrogens (tertiary/aromatic N) is 2. The number of anilines is 2. The van der Waals surface area contributed by atoms with Crippen LogP contribution >= 0.6 is 11.3 Å². The first-order valence-corrected chi connectivity index (χ1v) is 9.58. The van der Waals surface area contributed by atoms with Crippen molar-refractivity contribution in [2.75, 3.05) is 18.4 Å². The first-order valence-electron chi connectivity index (χ1n) is 8.76. The highest BCUT2D eigenvalue weighted by Gasteiger charge is 2.18. The molecule has 1 fully saturated rings. The highest BCUT2D eigenvalue weighted by molar-refractivity contribution is 7.18. The molecule has 26 heavy (non-hydrogen) atoms. The number of nitrogens with one attached hydrogen (secondary N) is 2. The second kappa shape index (κ2) is 7.17. The van der Waals surface area contributed by atoms with Gasteiger partial charge in [-0.3, -0.25) is 0 Å². The molecule has 0 unspecified atom stereocenters. The highest BCUT2D eigenvalue weighted by atomic mass is 32.1. The quantitative estimate of drug-likeness (QED) is 0.714. The Kier molecular flexibility index (Phi) is 4.74. The number of ether oxygens (including phenoxy) is 1. The summed E-state index contributed by atoms with van der Waals surface area (Å²) < 4.78 is 19.9. The van der Waals surface area contributed by atoms with Crippen LogP contribution in [0.15, 0.2) is 24.5 Å². The van der Waals surface area contributed by atoms with Crippen LogP contribution in [0.1, 0.15) is 23.3 Å². The topological polar surface area (TPSA) is 59.1 Å². The first kappa shape index (κ1) is 17.2. The Labute approximate surface area is 155 Å². The van der Waals surface area contributed by atoms with E-state index < -0.39 is 0 Å². The summed E-state index contributed by atoms with van der Waals surface area (Å²) in [7, 11) is 0. The molecule has 0 saturated carbocycles. The van der Waals surface area contributed by atoms with Crippen LogP contribution in [-0.4, -0.2) is 29.2 Å². The minimum atomic E-state index is -0.310. The van der Waals surface area contributed by atoms with Crippen molar-refractivity contribution in [3.63, 3.8) is 0 Å². The molecule has 1 aliphatic heterocycles. The maximum atomic E-state index is 13.8. The Bertz CT molecular complexity index is 937. The lowest BCUT2D eigenvalue weighted by molar-refractivity contribution is 0.163. The third kappa shape index (κ3) is 3.37. The summed E-state index contributed by atoms with van der Waals surface area (Å²) in [4.78, 5) is 10.9. The molecule has 0 bridgehead atoms. The number of rotatable bonds is 4. The van der Waals surface area contributed by atoms with Gasteiger partial charge in [0.15, 0.2) is 0 Å². The number of aryl methyl sites for hydroxylation is 2. The van der Waals surface area contributed by atoms with Crippen LogP contribution in [0.4, 0.5) is 15.9 Å². The van der Waals surface area contributed by atoms with Crippen LogP contribution in [0, 0.1) is 19.7 Å². The predicted molar refractivity (Wildman–Crippen MR) is 103 cm³/mol. The number of benzene rings is 1. The SMILES string of the molecule is Cc1sc2ncnc(Nc3ccc(F)cc3OC3CCNCC3)c2c1C. The maximum absolute atomic E-state index is 13.8. The fraction of sp³-hybridized carbons (Fsp3) is 0.368. The van der Waals surface area contributed by atoms with Crippen molar-refractivity contribution in [1.29, 1.82) is 0 Å². The normalized spacial score (nSPS) is 15.3. The monoisotopic (exact) mass is 372 g/mol. The van der Waals surface area contributed by atoms with Gasteiger partial charge in [0.25, 0.3) is 0 Å². The van der Waals surface area contributed by atoms with E-state index in [4.69, 9.17) is 4.74 Å². The Morgan fingerprint density at radius 1 is 1.23 bits per heavy atom. The fourth-order valence-corrected chi connectivity index (χ4v) is 4.19. The molecule has 1 aromatic carbocycles. The molecule has 136 valence electrons. The standard InChI is InChI=1S/C19H21FN4OS/c1-11-12(2)26-19-17(11)18(22-10-23-19)24-15-4-3-13(20)9-16(15)25-14-5-7-21-8-6-14/h3-4,9-10,14,21H,5-8H2,1-2H3,(H,22,23,24). The van der Waals surface area contributed by atoms with Crippen LogP contribution in [0.25, 0.3) is 10.2 Å². The Morgan fingerprint density at radius 2 is 2.04 bits per heavy atom. The lowest BCUT2D eigenvalue weighted by atomic mass is 10.1. The van der Waals surface area contributed by atoms with Crippen LogP contribution in [-0.2, 0) is 0 Å². The zero-order valence-electron chi connectivity index (χ0n) is 14.8. The minimum Gasteiger partial charge on any atom is -0.488 e. The van der Waals surface area contributed by atoms with Crippen molar-refractivity contribution in [2.45, 2.75) is 32.8 Å². The fourth-order valence-electron chi connectivity index (χ4n) is 3.19. The predicted octanol–water partition coefficient (Wildman–Crippen LogP) is 4.32. The number of fused-ring (bicyclic) bond motifs is 1. The smallest absolute Gasteiger partial charge is 0.146 e. The van der Waals surface area contributed by atoms with E-state index in [2.05, 4.69) is 34.4 Å². The van der Waals surface area contributed by atoms with E-state index in [1.165, 1.54) is 17.0 Å². The summed E-state index contributed by atoms with van der Waals surface area (Å²) in [5, 5.41) is 7.65. The van der Waals surface area contributed by atoms with E-state index in [1.807, 2.05) is 0 Å². The summed E-state index contributed by atoms with van der Waals surface area (Å²) in [6.45, 7) is 5.99. The molecular weight excluding hydrogens is 351 g/mol. The molecule has 0 atom stereocenters. The molecule has 0 spiro atoms. The van der Waals surface area contributed by atoms with Gasteiger partial charge in [-0.15, -0.1) is 11.3 Å². The van der Waals surface area contributed by atoms with Crippen LogP contribution in [0.2, 0.25) is 0 Å². The van der Waals surface area contributed by atoms with Gasteiger partial charge in [0.2, 0.25) is 0 Å². The van der Waals surface area contributed by atoms with Gasteiger partial charge < -0.3 is 15.4 Å². The van der Waals surface area contributed by atoms with E-state index in [0.717, 1.165) is 47.5 Å². The summed E-state index contributed by atoms with van der Waals surface area (Å²) in [6.07, 6.45) is 3.47. The van der Waals surface area contributed by atoms with E-state index in [1.54, 1.807) is 23.7 Å². The Balaban J connectivity index is 1.68. The number of piperidine rings is 1. The molecule has 7 heteroatoms. The molecule has 0 aliphatic carbocycles. The number of halogens is 1. The van der Waals surface area contributed by atoms with Crippen molar-refractivity contribution >= 4 is 33.1 Å². The van der Waals surface area contributed by atoms with Crippen molar-refractivity contribution in [1.82, 2.24) is 15.3 Å². The van der Waals surface area contributed by atoms with Crippen molar-refractivity contribution in [2.24, 2.45) is 0 Å². The Morgan fingerprint density at radius 3 is 2.85 bits per heavy atom. The van der Waals surface area contributed by atoms with Gasteiger partial charge in [0.05, 0.1) is 11.1 Å².